The van der Waals surface area contributed by atoms with Crippen molar-refractivity contribution in [2.75, 3.05) is 27.3 Å². The van der Waals surface area contributed by atoms with Crippen molar-refractivity contribution in [2.45, 2.75) is 100 Å². The Bertz CT molecular complexity index is 1790. The number of hydrogen-bond acceptors (Lipinski definition) is 8. The van der Waals surface area contributed by atoms with E-state index in [-0.39, 0.29) is 45.9 Å². The van der Waals surface area contributed by atoms with E-state index in [9.17, 15) is 0 Å². The fourth-order valence-corrected chi connectivity index (χ4v) is 11.9. The van der Waals surface area contributed by atoms with Crippen molar-refractivity contribution in [3.05, 3.63) is 67.6 Å². The first-order valence-electron chi connectivity index (χ1n) is 19.3. The Hall–Kier alpha value is -2.14. The fraction of sp³-hybridized carbons (Fsp3) is 0.632. The first kappa shape index (κ1) is 27.6. The van der Waals surface area contributed by atoms with Crippen LogP contribution in [0.5, 0.6) is 0 Å². The molecule has 4 N–H and O–H groups in total. The summed E-state index contributed by atoms with van der Waals surface area (Å²) in [6.45, 7) is -3.92. The number of ether oxygens (including phenoxy) is 4. The average molecular weight is 787 g/mol. The number of aliphatic imine (C=N–C) groups is 2. The SMILES string of the molecule is [2H]C1([2H])OC(N)=NC12c1cc(Br)ccc1C[C@@]21CC[C@H](OC)C2(CC2)C1.[2H]C1([2H])OC(N)=NC12c1cc(Br)ccc1C[C@]21CC[C@@H](OC)C2(CC2)C1. The summed E-state index contributed by atoms with van der Waals surface area (Å²) < 4.78 is 59.5. The van der Waals surface area contributed by atoms with Crippen molar-refractivity contribution in [2.24, 2.45) is 43.1 Å². The molecule has 256 valence electrons. The van der Waals surface area contributed by atoms with E-state index in [4.69, 9.17) is 45.9 Å². The molecule has 10 rings (SSSR count). The maximum atomic E-state index is 8.77. The summed E-state index contributed by atoms with van der Waals surface area (Å²) in [7, 11) is 3.60. The minimum absolute atomic E-state index is 0.0408. The summed E-state index contributed by atoms with van der Waals surface area (Å²) in [6, 6.07) is 12.2. The molecule has 4 fully saturated rings. The van der Waals surface area contributed by atoms with Crippen molar-refractivity contribution in [1.29, 1.82) is 0 Å². The largest absolute Gasteiger partial charge is 0.462 e. The summed E-state index contributed by atoms with van der Waals surface area (Å²) in [6.07, 6.45) is 12.1. The van der Waals surface area contributed by atoms with Gasteiger partial charge >= 0.3 is 0 Å². The van der Waals surface area contributed by atoms with Crippen molar-refractivity contribution in [3.8, 4) is 0 Å². The zero-order chi connectivity index (χ0) is 36.7. The van der Waals surface area contributed by atoms with Gasteiger partial charge in [-0.1, -0.05) is 44.0 Å². The molecule has 0 amide bonds. The molecule has 4 saturated carbocycles. The molecular formula is C38H46Br2N4O4. The zero-order valence-electron chi connectivity index (χ0n) is 31.5. The predicted octanol–water partition coefficient (Wildman–Crippen LogP) is 7.02. The van der Waals surface area contributed by atoms with E-state index in [1.807, 2.05) is 24.3 Å². The molecule has 6 spiro atoms. The molecule has 8 nitrogen and oxygen atoms in total. The summed E-state index contributed by atoms with van der Waals surface area (Å²) in [5.74, 6) is 0. The molecule has 2 unspecified atom stereocenters. The molecule has 48 heavy (non-hydrogen) atoms. The first-order chi connectivity index (χ1) is 24.6. The number of nitrogens with zero attached hydrogens (tertiary/aromatic N) is 2. The minimum atomic E-state index is -1.96. The molecule has 2 aliphatic heterocycles. The van der Waals surface area contributed by atoms with Crippen LogP contribution in [-0.2, 0) is 42.9 Å². The molecule has 6 aliphatic carbocycles. The van der Waals surface area contributed by atoms with Crippen LogP contribution in [0.2, 0.25) is 0 Å². The summed E-state index contributed by atoms with van der Waals surface area (Å²) in [5, 5.41) is 0. The summed E-state index contributed by atoms with van der Waals surface area (Å²) >= 11 is 7.11. The van der Waals surface area contributed by atoms with Crippen LogP contribution in [0.4, 0.5) is 0 Å². The van der Waals surface area contributed by atoms with Crippen molar-refractivity contribution in [1.82, 2.24) is 0 Å². The highest BCUT2D eigenvalue weighted by Crippen LogP contribution is 2.71. The smallest absolute Gasteiger partial charge is 0.283 e. The second kappa shape index (κ2) is 10.7. The van der Waals surface area contributed by atoms with Crippen LogP contribution in [0.25, 0.3) is 0 Å². The van der Waals surface area contributed by atoms with Crippen molar-refractivity contribution in [3.63, 3.8) is 0 Å². The second-order valence-electron chi connectivity index (χ2n) is 15.9. The Kier molecular flexibility index (Phi) is 6.14. The minimum Gasteiger partial charge on any atom is -0.462 e. The first-order valence-corrected chi connectivity index (χ1v) is 18.9. The van der Waals surface area contributed by atoms with Crippen molar-refractivity contribution >= 4 is 43.9 Å². The van der Waals surface area contributed by atoms with E-state index < -0.39 is 24.2 Å². The van der Waals surface area contributed by atoms with E-state index in [0.29, 0.717) is 0 Å². The number of fused-ring (bicyclic) bond motifs is 6. The van der Waals surface area contributed by atoms with Gasteiger partial charge in [-0.05, 0) is 134 Å². The molecule has 2 aromatic rings. The normalized spacial score (nSPS) is 41.8. The summed E-state index contributed by atoms with van der Waals surface area (Å²) in [4.78, 5) is 9.42. The van der Waals surface area contributed by atoms with Gasteiger partial charge in [0, 0.05) is 34.0 Å². The van der Waals surface area contributed by atoms with Gasteiger partial charge in [-0.25, -0.2) is 9.98 Å². The van der Waals surface area contributed by atoms with E-state index >= 15 is 0 Å². The lowest BCUT2D eigenvalue weighted by Crippen LogP contribution is -2.50. The molecular weight excluding hydrogens is 736 g/mol. The molecule has 0 radical (unpaired) electrons. The maximum absolute atomic E-state index is 8.77. The number of benzene rings is 2. The highest BCUT2D eigenvalue weighted by Gasteiger charge is 2.69. The van der Waals surface area contributed by atoms with Gasteiger partial charge in [0.25, 0.3) is 12.0 Å². The van der Waals surface area contributed by atoms with Gasteiger partial charge in [0.05, 0.1) is 17.7 Å². The average Bonchev–Trinajstić information content (AvgIpc) is 3.93. The van der Waals surface area contributed by atoms with Crippen LogP contribution < -0.4 is 11.5 Å². The van der Waals surface area contributed by atoms with Crippen LogP contribution in [0, 0.1) is 21.7 Å². The molecule has 0 aromatic heterocycles. The van der Waals surface area contributed by atoms with E-state index in [0.717, 1.165) is 108 Å². The lowest BCUT2D eigenvalue weighted by atomic mass is 9.58. The monoisotopic (exact) mass is 784 g/mol. The Morgan fingerprint density at radius 1 is 0.708 bits per heavy atom. The molecule has 2 heterocycles. The zero-order valence-corrected chi connectivity index (χ0v) is 30.7. The van der Waals surface area contributed by atoms with Gasteiger partial charge in [0.2, 0.25) is 0 Å². The number of halogens is 2. The van der Waals surface area contributed by atoms with Gasteiger partial charge in [0.15, 0.2) is 0 Å². The molecule has 0 bridgehead atoms. The van der Waals surface area contributed by atoms with Gasteiger partial charge in [0.1, 0.15) is 24.2 Å². The van der Waals surface area contributed by atoms with Crippen LogP contribution in [0.1, 0.15) is 91.9 Å². The molecule has 10 heteroatoms. The number of rotatable bonds is 2. The van der Waals surface area contributed by atoms with E-state index in [2.05, 4.69) is 44.0 Å². The van der Waals surface area contributed by atoms with E-state index in [1.54, 1.807) is 14.2 Å². The Labute approximate surface area is 305 Å². The van der Waals surface area contributed by atoms with Crippen LogP contribution in [0.15, 0.2) is 55.3 Å². The number of amidine groups is 2. The molecule has 0 saturated heterocycles. The quantitative estimate of drug-likeness (QED) is 0.339. The second-order valence-corrected chi connectivity index (χ2v) is 17.7. The molecule has 2 aromatic carbocycles. The third-order valence-electron chi connectivity index (χ3n) is 13.5. The maximum Gasteiger partial charge on any atom is 0.283 e. The number of hydrogen-bond donors (Lipinski definition) is 2. The van der Waals surface area contributed by atoms with Gasteiger partial charge in [-0.15, -0.1) is 0 Å². The standard InChI is InChI=1S/2C19H23BrN2O2/c2*1-23-15-4-5-18(10-17(15)6-7-17)9-12-2-3-13(20)8-14(12)19(18)11-24-16(21)22-19/h2*2-3,8,15H,4-7,9-11H2,1H3,(H2,21,22)/t2*15-,18+,19?/m10/s1/i2*11D2. The lowest BCUT2D eigenvalue weighted by Gasteiger charge is -2.49. The van der Waals surface area contributed by atoms with E-state index in [1.165, 1.54) is 0 Å². The van der Waals surface area contributed by atoms with Crippen LogP contribution >= 0.6 is 31.9 Å². The Morgan fingerprint density at radius 2 is 1.12 bits per heavy atom. The predicted molar refractivity (Wildman–Crippen MR) is 192 cm³/mol. The lowest BCUT2D eigenvalue weighted by molar-refractivity contribution is -0.0622. The van der Waals surface area contributed by atoms with Crippen molar-refractivity contribution < 1.29 is 24.4 Å². The highest BCUT2D eigenvalue weighted by atomic mass is 79.9. The van der Waals surface area contributed by atoms with Crippen LogP contribution in [-0.4, -0.2) is 51.6 Å². The molecule has 8 aliphatic rings. The van der Waals surface area contributed by atoms with Gasteiger partial charge in [-0.2, -0.15) is 0 Å². The summed E-state index contributed by atoms with van der Waals surface area (Å²) in [5.41, 5.74) is 13.5. The third kappa shape index (κ3) is 4.37. The number of methoxy groups -OCH3 is 2. The van der Waals surface area contributed by atoms with Gasteiger partial charge in [-0.3, -0.25) is 0 Å². The fourth-order valence-electron chi connectivity index (χ4n) is 11.1. The number of nitrogens with two attached hydrogens (primary N) is 2. The van der Waals surface area contributed by atoms with Gasteiger partial charge < -0.3 is 30.4 Å². The van der Waals surface area contributed by atoms with Crippen LogP contribution in [0.3, 0.4) is 0 Å². The highest BCUT2D eigenvalue weighted by molar-refractivity contribution is 9.10. The Morgan fingerprint density at radius 3 is 1.46 bits per heavy atom. The third-order valence-corrected chi connectivity index (χ3v) is 14.5. The topological polar surface area (TPSA) is 114 Å². The molecule has 6 atom stereocenters. The Balaban J connectivity index is 0.000000138.